The molecule has 0 atom stereocenters. The molecule has 0 radical (unpaired) electrons. The van der Waals surface area contributed by atoms with Gasteiger partial charge >= 0.3 is 6.01 Å². The first kappa shape index (κ1) is 20.7. The van der Waals surface area contributed by atoms with Crippen LogP contribution in [0, 0.1) is 5.82 Å². The Morgan fingerprint density at radius 1 is 1.03 bits per heavy atom. The molecule has 1 N–H and O–H groups in total. The van der Waals surface area contributed by atoms with E-state index in [1.807, 2.05) is 0 Å². The third-order valence-corrected chi connectivity index (χ3v) is 6.39. The maximum atomic E-state index is 12.9. The normalized spacial score (nSPS) is 11.6. The number of carbonyl (C=O) groups is 1. The van der Waals surface area contributed by atoms with Crippen LogP contribution < -0.4 is 5.32 Å². The number of amides is 1. The summed E-state index contributed by atoms with van der Waals surface area (Å²) in [5, 5.41) is 9.67. The molecule has 0 aliphatic carbocycles. The second-order valence-corrected chi connectivity index (χ2v) is 9.27. The van der Waals surface area contributed by atoms with Gasteiger partial charge in [0.1, 0.15) is 5.82 Å². The molecule has 0 saturated heterocycles. The zero-order valence-corrected chi connectivity index (χ0v) is 16.7. The van der Waals surface area contributed by atoms with Gasteiger partial charge < -0.3 is 4.42 Å². The van der Waals surface area contributed by atoms with E-state index in [9.17, 15) is 17.6 Å². The van der Waals surface area contributed by atoms with Gasteiger partial charge in [0.15, 0.2) is 9.84 Å². The molecule has 3 rings (SSSR count). The van der Waals surface area contributed by atoms with Gasteiger partial charge in [0.25, 0.3) is 0 Å². The quantitative estimate of drug-likeness (QED) is 0.634. The first-order valence-corrected chi connectivity index (χ1v) is 10.5. The number of anilines is 1. The predicted molar refractivity (Wildman–Crippen MR) is 105 cm³/mol. The van der Waals surface area contributed by atoms with Gasteiger partial charge in [0.2, 0.25) is 11.8 Å². The number of nitrogens with one attached hydrogen (secondary N) is 1. The number of nitrogens with zero attached hydrogens (tertiary/aromatic N) is 2. The van der Waals surface area contributed by atoms with Crippen LogP contribution in [0.1, 0.15) is 30.9 Å². The fourth-order valence-electron chi connectivity index (χ4n) is 2.57. The molecule has 0 unspecified atom stereocenters. The Kier molecular flexibility index (Phi) is 6.07. The molecule has 1 aromatic heterocycles. The van der Waals surface area contributed by atoms with E-state index in [1.165, 1.54) is 24.3 Å². The fourth-order valence-corrected chi connectivity index (χ4v) is 3.63. The van der Waals surface area contributed by atoms with E-state index in [4.69, 9.17) is 4.42 Å². The monoisotopic (exact) mass is 417 g/mol. The van der Waals surface area contributed by atoms with Gasteiger partial charge in [0, 0.05) is 0 Å². The number of benzene rings is 2. The lowest BCUT2D eigenvalue weighted by Crippen LogP contribution is -2.14. The summed E-state index contributed by atoms with van der Waals surface area (Å²) in [7, 11) is -3.32. The number of rotatable bonds is 7. The number of sulfone groups is 1. The molecular formula is C20H20FN3O4S. The molecule has 7 nitrogen and oxygen atoms in total. The second-order valence-electron chi connectivity index (χ2n) is 6.77. The van der Waals surface area contributed by atoms with Crippen LogP contribution in [0.4, 0.5) is 10.4 Å². The van der Waals surface area contributed by atoms with Crippen molar-refractivity contribution < 1.29 is 22.0 Å². The number of hydrogen-bond donors (Lipinski definition) is 1. The maximum Gasteiger partial charge on any atom is 0.322 e. The van der Waals surface area contributed by atoms with Gasteiger partial charge in [-0.05, 0) is 49.2 Å². The second kappa shape index (κ2) is 8.52. The smallest absolute Gasteiger partial charge is 0.322 e. The Morgan fingerprint density at radius 3 is 2.28 bits per heavy atom. The molecule has 1 amide bonds. The highest BCUT2D eigenvalue weighted by Gasteiger charge is 2.19. The zero-order chi connectivity index (χ0) is 21.0. The van der Waals surface area contributed by atoms with Gasteiger partial charge in [0.05, 0.1) is 23.0 Å². The first-order valence-electron chi connectivity index (χ1n) is 8.93. The van der Waals surface area contributed by atoms with Crippen LogP contribution >= 0.6 is 0 Å². The van der Waals surface area contributed by atoms with Crippen LogP contribution in [0.3, 0.4) is 0 Å². The largest absolute Gasteiger partial charge is 0.407 e. The Hall–Kier alpha value is -3.07. The lowest BCUT2D eigenvalue weighted by Gasteiger charge is -2.08. The van der Waals surface area contributed by atoms with Crippen molar-refractivity contribution in [2.24, 2.45) is 0 Å². The van der Waals surface area contributed by atoms with Gasteiger partial charge in [-0.3, -0.25) is 10.1 Å². The molecule has 9 heteroatoms. The Morgan fingerprint density at radius 2 is 1.66 bits per heavy atom. The van der Waals surface area contributed by atoms with Crippen LogP contribution in [0.15, 0.2) is 57.8 Å². The number of aromatic nitrogens is 2. The van der Waals surface area contributed by atoms with E-state index in [2.05, 4.69) is 15.5 Å². The summed E-state index contributed by atoms with van der Waals surface area (Å²) in [6, 6.07) is 12.0. The first-order chi connectivity index (χ1) is 13.7. The van der Waals surface area contributed by atoms with Crippen molar-refractivity contribution in [2.45, 2.75) is 36.8 Å². The minimum absolute atomic E-state index is 0.0360. The van der Waals surface area contributed by atoms with Crippen molar-refractivity contribution in [1.82, 2.24) is 10.2 Å². The molecular weight excluding hydrogens is 397 g/mol. The summed E-state index contributed by atoms with van der Waals surface area (Å²) < 4.78 is 42.6. The highest BCUT2D eigenvalue weighted by atomic mass is 32.2. The van der Waals surface area contributed by atoms with Gasteiger partial charge in [-0.15, -0.1) is 5.10 Å². The molecule has 0 aliphatic heterocycles. The van der Waals surface area contributed by atoms with E-state index >= 15 is 0 Å². The molecule has 1 heterocycles. The summed E-state index contributed by atoms with van der Waals surface area (Å²) in [5.74, 6) is -0.456. The molecule has 2 aromatic carbocycles. The van der Waals surface area contributed by atoms with Crippen molar-refractivity contribution in [2.75, 3.05) is 5.32 Å². The highest BCUT2D eigenvalue weighted by molar-refractivity contribution is 7.92. The standard InChI is InChI=1S/C20H20FN3O4S/c1-13(2)29(26,27)17-9-5-15(6-10-17)12-19-23-24-20(28-19)22-18(25)11-14-3-7-16(21)8-4-14/h3-10,13H,11-12H2,1-2H3,(H,22,24,25). The SMILES string of the molecule is CC(C)S(=O)(=O)c1ccc(Cc2nnc(NC(=O)Cc3ccc(F)cc3)o2)cc1. The van der Waals surface area contributed by atoms with E-state index in [0.29, 0.717) is 12.0 Å². The van der Waals surface area contributed by atoms with Gasteiger partial charge in [-0.25, -0.2) is 12.8 Å². The number of carbonyl (C=O) groups excluding carboxylic acids is 1. The van der Waals surface area contributed by atoms with Gasteiger partial charge in [-0.1, -0.05) is 29.4 Å². The minimum atomic E-state index is -3.32. The van der Waals surface area contributed by atoms with E-state index < -0.39 is 15.1 Å². The van der Waals surface area contributed by atoms with Gasteiger partial charge in [-0.2, -0.15) is 0 Å². The molecule has 0 fully saturated rings. The lowest BCUT2D eigenvalue weighted by molar-refractivity contribution is -0.115. The minimum Gasteiger partial charge on any atom is -0.407 e. The summed E-state index contributed by atoms with van der Waals surface area (Å²) >= 11 is 0. The summed E-state index contributed by atoms with van der Waals surface area (Å²) in [6.45, 7) is 3.27. The summed E-state index contributed by atoms with van der Waals surface area (Å²) in [4.78, 5) is 12.3. The topological polar surface area (TPSA) is 102 Å². The van der Waals surface area contributed by atoms with Crippen LogP contribution in [0.5, 0.6) is 0 Å². The number of hydrogen-bond acceptors (Lipinski definition) is 6. The van der Waals surface area contributed by atoms with Crippen LogP contribution in [0.2, 0.25) is 0 Å². The van der Waals surface area contributed by atoms with Crippen molar-refractivity contribution in [3.63, 3.8) is 0 Å². The predicted octanol–water partition coefficient (Wildman–Crippen LogP) is 3.16. The molecule has 29 heavy (non-hydrogen) atoms. The van der Waals surface area contributed by atoms with E-state index in [1.54, 1.807) is 38.1 Å². The average Bonchev–Trinajstić information content (AvgIpc) is 3.10. The Bertz CT molecular complexity index is 1090. The summed E-state index contributed by atoms with van der Waals surface area (Å²) in [6.07, 6.45) is 0.340. The zero-order valence-electron chi connectivity index (χ0n) is 15.9. The van der Waals surface area contributed by atoms with Crippen molar-refractivity contribution in [3.8, 4) is 0 Å². The van der Waals surface area contributed by atoms with E-state index in [-0.39, 0.29) is 34.9 Å². The third-order valence-electron chi connectivity index (χ3n) is 4.22. The van der Waals surface area contributed by atoms with Crippen LogP contribution in [-0.4, -0.2) is 29.8 Å². The molecule has 0 bridgehead atoms. The van der Waals surface area contributed by atoms with E-state index in [0.717, 1.165) is 5.56 Å². The fraction of sp³-hybridized carbons (Fsp3) is 0.250. The van der Waals surface area contributed by atoms with Crippen molar-refractivity contribution >= 4 is 21.8 Å². The molecule has 3 aromatic rings. The van der Waals surface area contributed by atoms with Crippen LogP contribution in [-0.2, 0) is 27.5 Å². The maximum absolute atomic E-state index is 12.9. The Balaban J connectivity index is 1.60. The average molecular weight is 417 g/mol. The highest BCUT2D eigenvalue weighted by Crippen LogP contribution is 2.18. The molecule has 0 aliphatic rings. The lowest BCUT2D eigenvalue weighted by atomic mass is 10.1. The van der Waals surface area contributed by atoms with Crippen molar-refractivity contribution in [3.05, 3.63) is 71.4 Å². The summed E-state index contributed by atoms with van der Waals surface area (Å²) in [5.41, 5.74) is 1.45. The third kappa shape index (κ3) is 5.26. The van der Waals surface area contributed by atoms with Crippen molar-refractivity contribution in [1.29, 1.82) is 0 Å². The Labute approximate surface area is 167 Å². The molecule has 0 saturated carbocycles. The molecule has 152 valence electrons. The number of halogens is 1. The van der Waals surface area contributed by atoms with Crippen LogP contribution in [0.25, 0.3) is 0 Å². The molecule has 0 spiro atoms.